The summed E-state index contributed by atoms with van der Waals surface area (Å²) in [4.78, 5) is 13.9. The van der Waals surface area contributed by atoms with Crippen molar-refractivity contribution in [3.63, 3.8) is 0 Å². The Morgan fingerprint density at radius 2 is 2.00 bits per heavy atom. The minimum absolute atomic E-state index is 0.0870. The van der Waals surface area contributed by atoms with E-state index in [1.54, 1.807) is 24.1 Å². The summed E-state index contributed by atoms with van der Waals surface area (Å²) in [5, 5.41) is 0. The molecule has 0 fully saturated rings. The van der Waals surface area contributed by atoms with Crippen LogP contribution in [0.4, 0.5) is 4.39 Å². The van der Waals surface area contributed by atoms with Crippen LogP contribution in [0.5, 0.6) is 0 Å². The molecule has 1 unspecified atom stereocenters. The van der Waals surface area contributed by atoms with E-state index in [4.69, 9.17) is 0 Å². The average Bonchev–Trinajstić information content (AvgIpc) is 2.26. The van der Waals surface area contributed by atoms with Gasteiger partial charge in [-0.3, -0.25) is 4.79 Å². The SMILES string of the molecule is CC(C)CC(C)N(C)C(=O)c1c(F)cccc1Br. The van der Waals surface area contributed by atoms with Crippen molar-refractivity contribution in [3.8, 4) is 0 Å². The van der Waals surface area contributed by atoms with Gasteiger partial charge in [-0.05, 0) is 47.3 Å². The van der Waals surface area contributed by atoms with Crippen molar-refractivity contribution in [1.82, 2.24) is 4.90 Å². The standard InChI is InChI=1S/C14H19BrFNO/c1-9(2)8-10(3)17(4)14(18)13-11(15)6-5-7-12(13)16/h5-7,9-10H,8H2,1-4H3. The second kappa shape index (κ2) is 6.32. The summed E-state index contributed by atoms with van der Waals surface area (Å²) in [6, 6.07) is 4.65. The topological polar surface area (TPSA) is 20.3 Å². The maximum atomic E-state index is 13.7. The second-order valence-electron chi connectivity index (χ2n) is 4.99. The molecule has 0 bridgehead atoms. The summed E-state index contributed by atoms with van der Waals surface area (Å²) in [5.74, 6) is -0.273. The number of hydrogen-bond acceptors (Lipinski definition) is 1. The number of carbonyl (C=O) groups excluding carboxylic acids is 1. The van der Waals surface area contributed by atoms with Crippen molar-refractivity contribution in [3.05, 3.63) is 34.1 Å². The van der Waals surface area contributed by atoms with E-state index >= 15 is 0 Å². The third kappa shape index (κ3) is 3.55. The zero-order chi connectivity index (χ0) is 13.9. The molecule has 0 radical (unpaired) electrons. The van der Waals surface area contributed by atoms with Crippen molar-refractivity contribution < 1.29 is 9.18 Å². The summed E-state index contributed by atoms with van der Waals surface area (Å²) >= 11 is 3.23. The molecule has 0 spiro atoms. The summed E-state index contributed by atoms with van der Waals surface area (Å²) in [5.41, 5.74) is 0.107. The Morgan fingerprint density at radius 3 is 2.50 bits per heavy atom. The molecule has 2 nitrogen and oxygen atoms in total. The highest BCUT2D eigenvalue weighted by Crippen LogP contribution is 2.22. The molecule has 18 heavy (non-hydrogen) atoms. The smallest absolute Gasteiger partial charge is 0.257 e. The van der Waals surface area contributed by atoms with E-state index < -0.39 is 5.82 Å². The highest BCUT2D eigenvalue weighted by molar-refractivity contribution is 9.10. The zero-order valence-corrected chi connectivity index (χ0v) is 12.8. The molecule has 1 atom stereocenters. The number of hydrogen-bond donors (Lipinski definition) is 0. The van der Waals surface area contributed by atoms with Crippen LogP contribution < -0.4 is 0 Å². The van der Waals surface area contributed by atoms with Gasteiger partial charge < -0.3 is 4.90 Å². The maximum Gasteiger partial charge on any atom is 0.257 e. The normalized spacial score (nSPS) is 12.6. The molecule has 1 aromatic rings. The summed E-state index contributed by atoms with van der Waals surface area (Å²) in [6.07, 6.45) is 0.897. The van der Waals surface area contributed by atoms with Crippen LogP contribution in [0.2, 0.25) is 0 Å². The fraction of sp³-hybridized carbons (Fsp3) is 0.500. The Bertz CT molecular complexity index is 414. The lowest BCUT2D eigenvalue weighted by Crippen LogP contribution is -2.36. The van der Waals surface area contributed by atoms with Crippen molar-refractivity contribution in [1.29, 1.82) is 0 Å². The monoisotopic (exact) mass is 315 g/mol. The summed E-state index contributed by atoms with van der Waals surface area (Å²) in [7, 11) is 1.72. The minimum Gasteiger partial charge on any atom is -0.339 e. The van der Waals surface area contributed by atoms with E-state index in [-0.39, 0.29) is 17.5 Å². The molecule has 100 valence electrons. The molecule has 0 heterocycles. The fourth-order valence-electron chi connectivity index (χ4n) is 1.92. The van der Waals surface area contributed by atoms with Gasteiger partial charge in [0.2, 0.25) is 0 Å². The van der Waals surface area contributed by atoms with Crippen LogP contribution >= 0.6 is 15.9 Å². The molecule has 0 N–H and O–H groups in total. The van der Waals surface area contributed by atoms with Gasteiger partial charge in [-0.25, -0.2) is 4.39 Å². The van der Waals surface area contributed by atoms with Gasteiger partial charge in [0.25, 0.3) is 5.91 Å². The largest absolute Gasteiger partial charge is 0.339 e. The number of carbonyl (C=O) groups is 1. The Balaban J connectivity index is 2.93. The van der Waals surface area contributed by atoms with Gasteiger partial charge in [-0.1, -0.05) is 19.9 Å². The summed E-state index contributed by atoms with van der Waals surface area (Å²) in [6.45, 7) is 6.19. The van der Waals surface area contributed by atoms with Gasteiger partial charge in [-0.2, -0.15) is 0 Å². The Morgan fingerprint density at radius 1 is 1.39 bits per heavy atom. The third-order valence-corrected chi connectivity index (χ3v) is 3.63. The molecular formula is C14H19BrFNO. The van der Waals surface area contributed by atoms with Crippen molar-refractivity contribution in [2.45, 2.75) is 33.2 Å². The van der Waals surface area contributed by atoms with Gasteiger partial charge in [-0.15, -0.1) is 0 Å². The lowest BCUT2D eigenvalue weighted by atomic mass is 10.0. The molecular weight excluding hydrogens is 297 g/mol. The lowest BCUT2D eigenvalue weighted by Gasteiger charge is -2.27. The van der Waals surface area contributed by atoms with Crippen LogP contribution in [-0.2, 0) is 0 Å². The van der Waals surface area contributed by atoms with Crippen molar-refractivity contribution >= 4 is 21.8 Å². The number of amides is 1. The molecule has 0 aromatic heterocycles. The van der Waals surface area contributed by atoms with Crippen LogP contribution in [0.3, 0.4) is 0 Å². The quantitative estimate of drug-likeness (QED) is 0.819. The number of nitrogens with zero attached hydrogens (tertiary/aromatic N) is 1. The van der Waals surface area contributed by atoms with Crippen LogP contribution in [-0.4, -0.2) is 23.9 Å². The van der Waals surface area contributed by atoms with E-state index in [1.165, 1.54) is 6.07 Å². The number of rotatable bonds is 4. The predicted octanol–water partition coefficient (Wildman–Crippen LogP) is 4.09. The molecule has 4 heteroatoms. The first-order chi connectivity index (χ1) is 8.34. The zero-order valence-electron chi connectivity index (χ0n) is 11.2. The Kier molecular flexibility index (Phi) is 5.32. The van der Waals surface area contributed by atoms with Crippen LogP contribution in [0, 0.1) is 11.7 Å². The Labute approximate surface area is 116 Å². The first kappa shape index (κ1) is 15.2. The molecule has 1 aromatic carbocycles. The highest BCUT2D eigenvalue weighted by Gasteiger charge is 2.23. The van der Waals surface area contributed by atoms with E-state index in [1.807, 2.05) is 6.92 Å². The van der Waals surface area contributed by atoms with Crippen molar-refractivity contribution in [2.75, 3.05) is 7.05 Å². The van der Waals surface area contributed by atoms with Gasteiger partial charge in [0.1, 0.15) is 5.82 Å². The summed E-state index contributed by atoms with van der Waals surface area (Å²) < 4.78 is 14.2. The second-order valence-corrected chi connectivity index (χ2v) is 5.85. The fourth-order valence-corrected chi connectivity index (χ4v) is 2.43. The van der Waals surface area contributed by atoms with Crippen molar-refractivity contribution in [2.24, 2.45) is 5.92 Å². The first-order valence-electron chi connectivity index (χ1n) is 6.05. The maximum absolute atomic E-state index is 13.7. The molecule has 1 amide bonds. The van der Waals surface area contributed by atoms with Gasteiger partial charge >= 0.3 is 0 Å². The van der Waals surface area contributed by atoms with Crippen LogP contribution in [0.15, 0.2) is 22.7 Å². The van der Waals surface area contributed by atoms with E-state index in [2.05, 4.69) is 29.8 Å². The van der Waals surface area contributed by atoms with Crippen LogP contribution in [0.1, 0.15) is 37.6 Å². The Hall–Kier alpha value is -0.900. The van der Waals surface area contributed by atoms with E-state index in [9.17, 15) is 9.18 Å². The molecule has 0 saturated heterocycles. The van der Waals surface area contributed by atoms with E-state index in [0.29, 0.717) is 10.4 Å². The molecule has 1 rings (SSSR count). The number of halogens is 2. The van der Waals surface area contributed by atoms with Gasteiger partial charge in [0, 0.05) is 17.6 Å². The van der Waals surface area contributed by atoms with Gasteiger partial charge in [0.05, 0.1) is 5.56 Å². The molecule has 0 saturated carbocycles. The minimum atomic E-state index is -0.488. The molecule has 0 aliphatic rings. The van der Waals surface area contributed by atoms with Crippen LogP contribution in [0.25, 0.3) is 0 Å². The molecule has 0 aliphatic heterocycles. The van der Waals surface area contributed by atoms with Gasteiger partial charge in [0.15, 0.2) is 0 Å². The highest BCUT2D eigenvalue weighted by atomic mass is 79.9. The third-order valence-electron chi connectivity index (χ3n) is 2.97. The first-order valence-corrected chi connectivity index (χ1v) is 6.85. The lowest BCUT2D eigenvalue weighted by molar-refractivity contribution is 0.0722. The van der Waals surface area contributed by atoms with E-state index in [0.717, 1.165) is 6.42 Å². The predicted molar refractivity (Wildman–Crippen MR) is 75.1 cm³/mol. The number of benzene rings is 1. The molecule has 0 aliphatic carbocycles. The average molecular weight is 316 g/mol.